The zero-order valence-corrected chi connectivity index (χ0v) is 20.9. The van der Waals surface area contributed by atoms with Crippen LogP contribution in [0, 0.1) is 12.8 Å². The highest BCUT2D eigenvalue weighted by Crippen LogP contribution is 2.24. The van der Waals surface area contributed by atoms with Crippen LogP contribution >= 0.6 is 0 Å². The third kappa shape index (κ3) is 6.56. The summed E-state index contributed by atoms with van der Waals surface area (Å²) >= 11 is 0. The van der Waals surface area contributed by atoms with Gasteiger partial charge in [0.1, 0.15) is 30.1 Å². The van der Waals surface area contributed by atoms with Crippen molar-refractivity contribution in [1.82, 2.24) is 15.2 Å². The Bertz CT molecular complexity index is 1000. The number of carbonyl (C=O) groups excluding carboxylic acids is 3. The first-order valence-corrected chi connectivity index (χ1v) is 11.4. The molecule has 0 saturated heterocycles. The van der Waals surface area contributed by atoms with Crippen molar-refractivity contribution in [3.05, 3.63) is 35.5 Å². The van der Waals surface area contributed by atoms with Gasteiger partial charge in [-0.25, -0.2) is 4.39 Å². The number of fused-ring (bicyclic) bond motifs is 1. The van der Waals surface area contributed by atoms with Crippen molar-refractivity contribution in [1.29, 1.82) is 0 Å². The first-order valence-electron chi connectivity index (χ1n) is 11.4. The number of aliphatic hydroxyl groups excluding tert-OH is 1. The number of aliphatic hydroxyl groups is 1. The summed E-state index contributed by atoms with van der Waals surface area (Å²) in [7, 11) is 1.78. The summed E-state index contributed by atoms with van der Waals surface area (Å²) < 4.78 is 20.2. The highest BCUT2D eigenvalue weighted by atomic mass is 19.1. The van der Waals surface area contributed by atoms with E-state index in [9.17, 15) is 23.9 Å². The van der Waals surface area contributed by atoms with Gasteiger partial charge < -0.3 is 25.0 Å². The molecule has 2 aromatic rings. The van der Waals surface area contributed by atoms with E-state index in [1.807, 2.05) is 31.2 Å². The van der Waals surface area contributed by atoms with Crippen LogP contribution in [0.4, 0.5) is 4.39 Å². The lowest BCUT2D eigenvalue weighted by molar-refractivity contribution is -0.156. The number of nitrogens with zero attached hydrogens (tertiary/aromatic N) is 1. The summed E-state index contributed by atoms with van der Waals surface area (Å²) in [5.41, 5.74) is 1.33. The fraction of sp³-hybridized carbons (Fsp3) is 0.560. The molecule has 188 valence electrons. The Balaban J connectivity index is 2.22. The minimum absolute atomic E-state index is 0.316. The van der Waals surface area contributed by atoms with Gasteiger partial charge in [0.15, 0.2) is 0 Å². The molecule has 2 unspecified atom stereocenters. The molecule has 34 heavy (non-hydrogen) atoms. The molecule has 3 N–H and O–H groups in total. The summed E-state index contributed by atoms with van der Waals surface area (Å²) in [6, 6.07) is 5.43. The molecule has 2 amide bonds. The Kier molecular flexibility index (Phi) is 8.83. The van der Waals surface area contributed by atoms with Gasteiger partial charge >= 0.3 is 5.97 Å². The molecule has 0 spiro atoms. The minimum atomic E-state index is -1.60. The normalized spacial score (nSPS) is 14.5. The zero-order chi connectivity index (χ0) is 25.8. The summed E-state index contributed by atoms with van der Waals surface area (Å²) in [5, 5.41) is 16.3. The zero-order valence-electron chi connectivity index (χ0n) is 20.9. The molecular weight excluding hydrogens is 441 g/mol. The maximum Gasteiger partial charge on any atom is 0.308 e. The van der Waals surface area contributed by atoms with E-state index in [1.165, 1.54) is 0 Å². The topological polar surface area (TPSA) is 110 Å². The fourth-order valence-corrected chi connectivity index (χ4v) is 3.88. The van der Waals surface area contributed by atoms with Crippen LogP contribution in [0.1, 0.15) is 57.1 Å². The second-order valence-corrected chi connectivity index (χ2v) is 9.87. The Morgan fingerprint density at radius 1 is 1.15 bits per heavy atom. The van der Waals surface area contributed by atoms with E-state index in [0.29, 0.717) is 5.69 Å². The van der Waals surface area contributed by atoms with Gasteiger partial charge in [0.25, 0.3) is 5.91 Å². The van der Waals surface area contributed by atoms with Crippen LogP contribution in [0.15, 0.2) is 24.3 Å². The molecule has 0 aliphatic rings. The van der Waals surface area contributed by atoms with Crippen LogP contribution in [0.25, 0.3) is 10.9 Å². The van der Waals surface area contributed by atoms with Crippen LogP contribution < -0.4 is 10.6 Å². The van der Waals surface area contributed by atoms with Crippen LogP contribution in [0.3, 0.4) is 0 Å². The van der Waals surface area contributed by atoms with E-state index in [0.717, 1.165) is 16.5 Å². The van der Waals surface area contributed by atoms with Gasteiger partial charge in [0.2, 0.25) is 5.91 Å². The third-order valence-electron chi connectivity index (χ3n) is 5.57. The number of benzene rings is 1. The van der Waals surface area contributed by atoms with Gasteiger partial charge in [-0.1, -0.05) is 32.0 Å². The Labute approximate surface area is 199 Å². The third-order valence-corrected chi connectivity index (χ3v) is 5.57. The summed E-state index contributed by atoms with van der Waals surface area (Å²) in [6.45, 7) is 9.26. The molecule has 0 radical (unpaired) electrons. The van der Waals surface area contributed by atoms with Crippen molar-refractivity contribution >= 4 is 28.7 Å². The van der Waals surface area contributed by atoms with Gasteiger partial charge in [-0.15, -0.1) is 0 Å². The average molecular weight is 478 g/mol. The Morgan fingerprint density at radius 3 is 2.29 bits per heavy atom. The van der Waals surface area contributed by atoms with Crippen molar-refractivity contribution in [3.63, 3.8) is 0 Å². The standard InChI is InChI=1S/C25H36FN3O5/c1-14(2)21(23(32)27-17(19(30)13-26)12-20(31)34-25(4,5)6)28-24(33)22-15(3)16-10-8-9-11-18(16)29(22)7/h8-11,14,17,19,21,30H,12-13H2,1-7H3,(H,27,32)(H,28,33)/t17?,19?,21-/m0/s1. The Morgan fingerprint density at radius 2 is 1.76 bits per heavy atom. The van der Waals surface area contributed by atoms with Crippen molar-refractivity contribution in [2.24, 2.45) is 13.0 Å². The molecule has 0 bridgehead atoms. The van der Waals surface area contributed by atoms with Gasteiger partial charge in [-0.05, 0) is 45.2 Å². The number of esters is 1. The van der Waals surface area contributed by atoms with Crippen molar-refractivity contribution in [2.45, 2.75) is 71.8 Å². The molecule has 1 aromatic heterocycles. The van der Waals surface area contributed by atoms with Crippen molar-refractivity contribution in [3.8, 4) is 0 Å². The number of hydrogen-bond donors (Lipinski definition) is 3. The number of nitrogens with one attached hydrogen (secondary N) is 2. The molecule has 0 fully saturated rings. The number of aromatic nitrogens is 1. The summed E-state index contributed by atoms with van der Waals surface area (Å²) in [6.07, 6.45) is -2.00. The first kappa shape index (κ1) is 27.3. The Hall–Kier alpha value is -2.94. The highest BCUT2D eigenvalue weighted by Gasteiger charge is 2.32. The maximum atomic E-state index is 13.2. The van der Waals surface area contributed by atoms with E-state index in [1.54, 1.807) is 46.2 Å². The number of halogens is 1. The molecule has 0 saturated carbocycles. The van der Waals surface area contributed by atoms with Gasteiger partial charge in [0, 0.05) is 18.0 Å². The number of aryl methyl sites for hydroxylation is 2. The smallest absolute Gasteiger partial charge is 0.308 e. The quantitative estimate of drug-likeness (QED) is 0.481. The molecule has 2 rings (SSSR count). The molecule has 1 aromatic carbocycles. The van der Waals surface area contributed by atoms with Crippen LogP contribution in [-0.4, -0.2) is 57.9 Å². The minimum Gasteiger partial charge on any atom is -0.460 e. The summed E-state index contributed by atoms with van der Waals surface area (Å²) in [4.78, 5) is 38.5. The first-order chi connectivity index (χ1) is 15.8. The molecular formula is C25H36FN3O5. The van der Waals surface area contributed by atoms with Gasteiger partial charge in [-0.2, -0.15) is 0 Å². The lowest BCUT2D eigenvalue weighted by atomic mass is 10.0. The predicted octanol–water partition coefficient (Wildman–Crippen LogP) is 2.79. The highest BCUT2D eigenvalue weighted by molar-refractivity contribution is 6.03. The summed E-state index contributed by atoms with van der Waals surface area (Å²) in [5.74, 6) is -2.05. The number of amides is 2. The molecule has 3 atom stereocenters. The van der Waals surface area contributed by atoms with Crippen molar-refractivity contribution in [2.75, 3.05) is 6.67 Å². The lowest BCUT2D eigenvalue weighted by Crippen LogP contribution is -2.55. The number of hydrogen-bond acceptors (Lipinski definition) is 5. The lowest BCUT2D eigenvalue weighted by Gasteiger charge is -2.28. The number of rotatable bonds is 9. The second-order valence-electron chi connectivity index (χ2n) is 9.87. The molecule has 8 nitrogen and oxygen atoms in total. The van der Waals surface area contributed by atoms with Crippen LogP contribution in [-0.2, 0) is 21.4 Å². The molecule has 9 heteroatoms. The molecule has 0 aliphatic heterocycles. The molecule has 1 heterocycles. The van der Waals surface area contributed by atoms with Crippen LogP contribution in [0.5, 0.6) is 0 Å². The van der Waals surface area contributed by atoms with E-state index >= 15 is 0 Å². The number of ether oxygens (including phenoxy) is 1. The second kappa shape index (κ2) is 11.0. The largest absolute Gasteiger partial charge is 0.460 e. The van der Waals surface area contributed by atoms with Gasteiger partial charge in [0.05, 0.1) is 12.5 Å². The maximum absolute atomic E-state index is 13.2. The van der Waals surface area contributed by atoms with Crippen molar-refractivity contribution < 1.29 is 28.6 Å². The number of alkyl halides is 1. The monoisotopic (exact) mass is 477 g/mol. The average Bonchev–Trinajstić information content (AvgIpc) is 2.99. The van der Waals surface area contributed by atoms with E-state index in [2.05, 4.69) is 10.6 Å². The fourth-order valence-electron chi connectivity index (χ4n) is 3.88. The van der Waals surface area contributed by atoms with E-state index < -0.39 is 54.7 Å². The predicted molar refractivity (Wildman–Crippen MR) is 128 cm³/mol. The molecule has 0 aliphatic carbocycles. The number of para-hydroxylation sites is 1. The van der Waals surface area contributed by atoms with E-state index in [4.69, 9.17) is 4.74 Å². The van der Waals surface area contributed by atoms with Crippen LogP contribution in [0.2, 0.25) is 0 Å². The SMILES string of the molecule is Cc1c(C(=O)N[C@H](C(=O)NC(CC(=O)OC(C)(C)C)C(O)CF)C(C)C)n(C)c2ccccc12. The van der Waals surface area contributed by atoms with E-state index in [-0.39, 0.29) is 5.92 Å². The van der Waals surface area contributed by atoms with Gasteiger partial charge in [-0.3, -0.25) is 14.4 Å². The number of carbonyl (C=O) groups is 3.